The molecule has 0 aliphatic rings. The number of aryl methyl sites for hydroxylation is 1. The van der Waals surface area contributed by atoms with Crippen molar-refractivity contribution in [2.45, 2.75) is 13.3 Å². The van der Waals surface area contributed by atoms with Gasteiger partial charge in [0.15, 0.2) is 5.76 Å². The molecular formula is C19H16ClNO2. The van der Waals surface area contributed by atoms with Crippen LogP contribution in [0.4, 0.5) is 5.69 Å². The number of para-hydroxylation sites is 1. The van der Waals surface area contributed by atoms with Crippen LogP contribution in [-0.2, 0) is 6.42 Å². The Morgan fingerprint density at radius 1 is 1.09 bits per heavy atom. The number of hydrogen-bond donors (Lipinski definition) is 1. The molecule has 1 amide bonds. The molecule has 23 heavy (non-hydrogen) atoms. The van der Waals surface area contributed by atoms with Gasteiger partial charge in [-0.25, -0.2) is 0 Å². The summed E-state index contributed by atoms with van der Waals surface area (Å²) < 4.78 is 5.66. The molecule has 1 heterocycles. The van der Waals surface area contributed by atoms with Gasteiger partial charge in [-0.3, -0.25) is 4.79 Å². The second-order valence-electron chi connectivity index (χ2n) is 5.33. The molecule has 0 saturated carbocycles. The normalized spacial score (nSPS) is 10.5. The van der Waals surface area contributed by atoms with Gasteiger partial charge in [0.05, 0.1) is 0 Å². The summed E-state index contributed by atoms with van der Waals surface area (Å²) in [5.74, 6) is 0.766. The van der Waals surface area contributed by atoms with Gasteiger partial charge in [0.1, 0.15) is 5.76 Å². The molecule has 2 aromatic carbocycles. The molecular weight excluding hydrogens is 310 g/mol. The molecule has 0 radical (unpaired) electrons. The highest BCUT2D eigenvalue weighted by Gasteiger charge is 2.12. The van der Waals surface area contributed by atoms with Crippen molar-refractivity contribution in [3.63, 3.8) is 0 Å². The summed E-state index contributed by atoms with van der Waals surface area (Å²) >= 11 is 6.03. The van der Waals surface area contributed by atoms with Crippen LogP contribution in [0.25, 0.3) is 0 Å². The predicted octanol–water partition coefficient (Wildman–Crippen LogP) is 5.08. The lowest BCUT2D eigenvalue weighted by atomic mass is 10.0. The molecule has 3 rings (SSSR count). The van der Waals surface area contributed by atoms with Crippen molar-refractivity contribution in [3.05, 3.63) is 88.3 Å². The quantitative estimate of drug-likeness (QED) is 0.726. The average molecular weight is 326 g/mol. The maximum absolute atomic E-state index is 12.2. The van der Waals surface area contributed by atoms with Crippen LogP contribution >= 0.6 is 11.6 Å². The Morgan fingerprint density at radius 3 is 2.65 bits per heavy atom. The second kappa shape index (κ2) is 6.71. The van der Waals surface area contributed by atoms with Gasteiger partial charge in [0.25, 0.3) is 5.91 Å². The summed E-state index contributed by atoms with van der Waals surface area (Å²) in [6.45, 7) is 2.03. The molecule has 0 bridgehead atoms. The number of anilines is 1. The highest BCUT2D eigenvalue weighted by Crippen LogP contribution is 2.20. The molecule has 0 spiro atoms. The first-order chi connectivity index (χ1) is 11.1. The van der Waals surface area contributed by atoms with E-state index in [4.69, 9.17) is 16.0 Å². The van der Waals surface area contributed by atoms with E-state index in [0.29, 0.717) is 17.2 Å². The second-order valence-corrected chi connectivity index (χ2v) is 5.77. The Labute approximate surface area is 139 Å². The Hall–Kier alpha value is -2.52. The van der Waals surface area contributed by atoms with Crippen molar-refractivity contribution in [1.82, 2.24) is 0 Å². The molecule has 4 heteroatoms. The van der Waals surface area contributed by atoms with Crippen LogP contribution < -0.4 is 5.32 Å². The summed E-state index contributed by atoms with van der Waals surface area (Å²) in [4.78, 5) is 12.2. The van der Waals surface area contributed by atoms with Gasteiger partial charge in [0.2, 0.25) is 0 Å². The third-order valence-electron chi connectivity index (χ3n) is 3.59. The Balaban J connectivity index is 1.73. The Morgan fingerprint density at radius 2 is 1.87 bits per heavy atom. The van der Waals surface area contributed by atoms with E-state index in [1.807, 2.05) is 61.5 Å². The molecule has 0 fully saturated rings. The van der Waals surface area contributed by atoms with Crippen molar-refractivity contribution in [2.75, 3.05) is 5.32 Å². The Bertz CT molecular complexity index is 824. The van der Waals surface area contributed by atoms with Crippen LogP contribution in [0.1, 0.15) is 27.4 Å². The molecule has 116 valence electrons. The first-order valence-corrected chi connectivity index (χ1v) is 7.70. The predicted molar refractivity (Wildman–Crippen MR) is 92.1 cm³/mol. The average Bonchev–Trinajstić information content (AvgIpc) is 3.01. The van der Waals surface area contributed by atoms with E-state index in [2.05, 4.69) is 5.32 Å². The van der Waals surface area contributed by atoms with Crippen LogP contribution in [0.5, 0.6) is 0 Å². The van der Waals surface area contributed by atoms with E-state index in [-0.39, 0.29) is 5.91 Å². The summed E-state index contributed by atoms with van der Waals surface area (Å²) in [6, 6.07) is 18.6. The number of carbonyl (C=O) groups excluding carboxylic acids is 1. The van der Waals surface area contributed by atoms with E-state index < -0.39 is 0 Å². The van der Waals surface area contributed by atoms with Crippen molar-refractivity contribution in [2.24, 2.45) is 0 Å². The van der Waals surface area contributed by atoms with Crippen molar-refractivity contribution < 1.29 is 9.21 Å². The van der Waals surface area contributed by atoms with Crippen LogP contribution in [0.15, 0.2) is 65.1 Å². The maximum atomic E-state index is 12.2. The van der Waals surface area contributed by atoms with Crippen molar-refractivity contribution in [3.8, 4) is 0 Å². The van der Waals surface area contributed by atoms with Gasteiger partial charge in [-0.05, 0) is 54.4 Å². The maximum Gasteiger partial charge on any atom is 0.291 e. The van der Waals surface area contributed by atoms with E-state index in [9.17, 15) is 4.79 Å². The highest BCUT2D eigenvalue weighted by atomic mass is 35.5. The summed E-state index contributed by atoms with van der Waals surface area (Å²) in [5, 5.41) is 3.50. The molecule has 0 unspecified atom stereocenters. The monoisotopic (exact) mass is 325 g/mol. The summed E-state index contributed by atoms with van der Waals surface area (Å²) in [5.41, 5.74) is 2.96. The van der Waals surface area contributed by atoms with Crippen molar-refractivity contribution >= 4 is 23.2 Å². The number of amides is 1. The Kier molecular flexibility index (Phi) is 4.49. The van der Waals surface area contributed by atoms with Gasteiger partial charge in [0, 0.05) is 17.1 Å². The molecule has 0 atom stereocenters. The molecule has 1 aromatic heterocycles. The molecule has 0 aliphatic heterocycles. The van der Waals surface area contributed by atoms with Gasteiger partial charge in [-0.2, -0.15) is 0 Å². The van der Waals surface area contributed by atoms with Gasteiger partial charge >= 0.3 is 0 Å². The zero-order chi connectivity index (χ0) is 16.2. The van der Waals surface area contributed by atoms with Crippen LogP contribution in [0, 0.1) is 6.92 Å². The number of carbonyl (C=O) groups is 1. The van der Waals surface area contributed by atoms with E-state index in [0.717, 1.165) is 22.6 Å². The smallest absolute Gasteiger partial charge is 0.291 e. The number of furan rings is 1. The fourth-order valence-electron chi connectivity index (χ4n) is 2.33. The number of hydrogen-bond acceptors (Lipinski definition) is 2. The third kappa shape index (κ3) is 3.82. The van der Waals surface area contributed by atoms with E-state index >= 15 is 0 Å². The zero-order valence-electron chi connectivity index (χ0n) is 12.7. The minimum absolute atomic E-state index is 0.259. The van der Waals surface area contributed by atoms with Crippen molar-refractivity contribution in [1.29, 1.82) is 0 Å². The third-order valence-corrected chi connectivity index (χ3v) is 3.83. The van der Waals surface area contributed by atoms with Gasteiger partial charge in [-0.15, -0.1) is 0 Å². The van der Waals surface area contributed by atoms with Crippen LogP contribution in [-0.4, -0.2) is 5.91 Å². The minimum Gasteiger partial charge on any atom is -0.456 e. The molecule has 3 nitrogen and oxygen atoms in total. The standard InChI is InChI=1S/C19H16ClNO2/c1-13-7-8-15(20)11-14(13)12-17-9-10-18(23-17)19(22)21-16-5-3-2-4-6-16/h2-11H,12H2,1H3,(H,21,22). The zero-order valence-corrected chi connectivity index (χ0v) is 13.4. The first kappa shape index (κ1) is 15.4. The van der Waals surface area contributed by atoms with Gasteiger partial charge < -0.3 is 9.73 Å². The number of halogens is 1. The minimum atomic E-state index is -0.259. The largest absolute Gasteiger partial charge is 0.456 e. The molecule has 0 aliphatic carbocycles. The van der Waals surface area contributed by atoms with Gasteiger partial charge in [-0.1, -0.05) is 35.9 Å². The topological polar surface area (TPSA) is 42.2 Å². The lowest BCUT2D eigenvalue weighted by molar-refractivity contribution is 0.0995. The van der Waals surface area contributed by atoms with Crippen LogP contribution in [0.2, 0.25) is 5.02 Å². The van der Waals surface area contributed by atoms with E-state index in [1.54, 1.807) is 6.07 Å². The first-order valence-electron chi connectivity index (χ1n) is 7.32. The molecule has 3 aromatic rings. The lowest BCUT2D eigenvalue weighted by Crippen LogP contribution is -2.10. The lowest BCUT2D eigenvalue weighted by Gasteiger charge is -2.05. The summed E-state index contributed by atoms with van der Waals surface area (Å²) in [7, 11) is 0. The fraction of sp³-hybridized carbons (Fsp3) is 0.105. The number of rotatable bonds is 4. The fourth-order valence-corrected chi connectivity index (χ4v) is 2.52. The molecule has 1 N–H and O–H groups in total. The number of benzene rings is 2. The summed E-state index contributed by atoms with van der Waals surface area (Å²) in [6.07, 6.45) is 0.602. The molecule has 0 saturated heterocycles. The SMILES string of the molecule is Cc1ccc(Cl)cc1Cc1ccc(C(=O)Nc2ccccc2)o1. The number of nitrogens with one attached hydrogen (secondary N) is 1. The highest BCUT2D eigenvalue weighted by molar-refractivity contribution is 6.30. The van der Waals surface area contributed by atoms with Crippen LogP contribution in [0.3, 0.4) is 0 Å². The van der Waals surface area contributed by atoms with E-state index in [1.165, 1.54) is 0 Å².